The van der Waals surface area contributed by atoms with Gasteiger partial charge in [-0.3, -0.25) is 4.79 Å². The molecule has 170 valence electrons. The number of nitrogens with zero attached hydrogens (tertiary/aromatic N) is 1. The molecule has 2 unspecified atom stereocenters. The maximum Gasteiger partial charge on any atom is 0.306 e. The lowest BCUT2D eigenvalue weighted by Gasteiger charge is -2.56. The number of unbranched alkanes of at least 4 members (excludes halogenated alkanes) is 2. The molecule has 3 heteroatoms. The normalized spacial score (nSPS) is 39.2. The lowest BCUT2D eigenvalue weighted by Crippen LogP contribution is -2.55. The van der Waals surface area contributed by atoms with E-state index < -0.39 is 0 Å². The molecule has 1 aliphatic heterocycles. The summed E-state index contributed by atoms with van der Waals surface area (Å²) in [5, 5.41) is 8.84. The molecule has 1 heterocycles. The molecule has 3 rings (SSSR count). The van der Waals surface area contributed by atoms with Crippen LogP contribution in [0, 0.1) is 52.3 Å². The van der Waals surface area contributed by atoms with Crippen LogP contribution in [0.5, 0.6) is 0 Å². The topological polar surface area (TPSA) is 50.1 Å². The molecule has 2 saturated carbocycles. The fraction of sp³-hybridized carbons (Fsp3) is 0.926. The van der Waals surface area contributed by atoms with E-state index in [0.717, 1.165) is 37.0 Å². The van der Waals surface area contributed by atoms with Crippen LogP contribution in [0.4, 0.5) is 0 Å². The Hall–Kier alpha value is -1.04. The Morgan fingerprint density at radius 3 is 2.53 bits per heavy atom. The molecular weight excluding hydrogens is 370 g/mol. The van der Waals surface area contributed by atoms with E-state index in [1.165, 1.54) is 44.9 Å². The van der Waals surface area contributed by atoms with Crippen LogP contribution in [0.25, 0.3) is 0 Å². The second kappa shape index (κ2) is 9.62. The summed E-state index contributed by atoms with van der Waals surface area (Å²) in [5.74, 6) is 4.12. The SMILES string of the molecule is CC(C)CCCC(C)[C@H]1CCC2[C@@H]3CC(=O)O[C@](C)(CCCCC#N)[C@H]3CC[C@@]21C. The number of carbonyl (C=O) groups is 1. The fourth-order valence-electron chi connectivity index (χ4n) is 7.84. The zero-order valence-electron chi connectivity index (χ0n) is 20.2. The van der Waals surface area contributed by atoms with E-state index in [9.17, 15) is 4.79 Å². The highest BCUT2D eigenvalue weighted by atomic mass is 16.6. The zero-order chi connectivity index (χ0) is 21.9. The van der Waals surface area contributed by atoms with E-state index >= 15 is 0 Å². The first-order chi connectivity index (χ1) is 14.2. The molecule has 3 fully saturated rings. The van der Waals surface area contributed by atoms with Crippen LogP contribution >= 0.6 is 0 Å². The number of nitriles is 1. The highest BCUT2D eigenvalue weighted by molar-refractivity contribution is 5.71. The average Bonchev–Trinajstić information content (AvgIpc) is 3.02. The Morgan fingerprint density at radius 2 is 1.83 bits per heavy atom. The van der Waals surface area contributed by atoms with Gasteiger partial charge in [-0.15, -0.1) is 0 Å². The standard InChI is InChI=1S/C27H45NO2/c1-19(2)10-9-11-20(3)22-12-13-23-21-18-25(29)30-27(5,15-7-6-8-17-28)24(21)14-16-26(22,23)4/h19-24H,6-16,18H2,1-5H3/t20?,21-,22+,23?,24-,26+,27+/m0/s1. The van der Waals surface area contributed by atoms with Gasteiger partial charge < -0.3 is 4.74 Å². The quantitative estimate of drug-likeness (QED) is 0.293. The highest BCUT2D eigenvalue weighted by Gasteiger charge is 2.60. The predicted octanol–water partition coefficient (Wildman–Crippen LogP) is 7.30. The van der Waals surface area contributed by atoms with Gasteiger partial charge in [-0.05, 0) is 86.9 Å². The average molecular weight is 416 g/mol. The van der Waals surface area contributed by atoms with Gasteiger partial charge in [-0.1, -0.05) is 47.0 Å². The van der Waals surface area contributed by atoms with Gasteiger partial charge in [0.25, 0.3) is 0 Å². The van der Waals surface area contributed by atoms with Crippen molar-refractivity contribution in [1.29, 1.82) is 5.26 Å². The molecule has 0 aromatic carbocycles. The van der Waals surface area contributed by atoms with Crippen molar-refractivity contribution in [2.45, 2.75) is 117 Å². The Balaban J connectivity index is 1.69. The molecule has 7 atom stereocenters. The number of cyclic esters (lactones) is 1. The smallest absolute Gasteiger partial charge is 0.306 e. The summed E-state index contributed by atoms with van der Waals surface area (Å²) < 4.78 is 6.03. The van der Waals surface area contributed by atoms with Crippen molar-refractivity contribution < 1.29 is 9.53 Å². The molecule has 30 heavy (non-hydrogen) atoms. The Morgan fingerprint density at radius 1 is 1.07 bits per heavy atom. The van der Waals surface area contributed by atoms with Crippen LogP contribution < -0.4 is 0 Å². The Kier molecular flexibility index (Phi) is 7.57. The number of esters is 1. The monoisotopic (exact) mass is 415 g/mol. The van der Waals surface area contributed by atoms with Crippen molar-refractivity contribution in [2.75, 3.05) is 0 Å². The minimum atomic E-state index is -0.322. The summed E-state index contributed by atoms with van der Waals surface area (Å²) in [7, 11) is 0. The van der Waals surface area contributed by atoms with Gasteiger partial charge in [0.05, 0.1) is 6.07 Å². The molecule has 0 amide bonds. The summed E-state index contributed by atoms with van der Waals surface area (Å²) in [6.45, 7) is 11.9. The molecule has 1 saturated heterocycles. The zero-order valence-corrected chi connectivity index (χ0v) is 20.2. The molecule has 2 aliphatic carbocycles. The predicted molar refractivity (Wildman–Crippen MR) is 122 cm³/mol. The van der Waals surface area contributed by atoms with E-state index in [1.54, 1.807) is 0 Å². The molecule has 0 aromatic heterocycles. The maximum absolute atomic E-state index is 12.7. The van der Waals surface area contributed by atoms with Gasteiger partial charge in [-0.2, -0.15) is 5.26 Å². The van der Waals surface area contributed by atoms with Crippen molar-refractivity contribution in [3.63, 3.8) is 0 Å². The molecular formula is C27H45NO2. The van der Waals surface area contributed by atoms with Gasteiger partial charge in [0, 0.05) is 18.8 Å². The van der Waals surface area contributed by atoms with E-state index in [4.69, 9.17) is 10.00 Å². The van der Waals surface area contributed by atoms with Gasteiger partial charge >= 0.3 is 5.97 Å². The van der Waals surface area contributed by atoms with E-state index in [2.05, 4.69) is 40.7 Å². The van der Waals surface area contributed by atoms with Crippen LogP contribution in [0.2, 0.25) is 0 Å². The molecule has 0 aromatic rings. The largest absolute Gasteiger partial charge is 0.459 e. The third kappa shape index (κ3) is 4.73. The van der Waals surface area contributed by atoms with Crippen LogP contribution in [0.1, 0.15) is 112 Å². The third-order valence-electron chi connectivity index (χ3n) is 9.38. The highest BCUT2D eigenvalue weighted by Crippen LogP contribution is 2.64. The molecule has 0 bridgehead atoms. The van der Waals surface area contributed by atoms with E-state index in [0.29, 0.717) is 36.0 Å². The van der Waals surface area contributed by atoms with Crippen molar-refractivity contribution >= 4 is 5.97 Å². The van der Waals surface area contributed by atoms with Crippen molar-refractivity contribution in [3.8, 4) is 6.07 Å². The first-order valence-corrected chi connectivity index (χ1v) is 12.8. The first kappa shape index (κ1) is 23.6. The van der Waals surface area contributed by atoms with Crippen LogP contribution in [-0.2, 0) is 9.53 Å². The fourth-order valence-corrected chi connectivity index (χ4v) is 7.84. The third-order valence-corrected chi connectivity index (χ3v) is 9.38. The van der Waals surface area contributed by atoms with Gasteiger partial charge in [0.15, 0.2) is 0 Å². The van der Waals surface area contributed by atoms with E-state index in [-0.39, 0.29) is 11.6 Å². The van der Waals surface area contributed by atoms with Crippen molar-refractivity contribution in [1.82, 2.24) is 0 Å². The lowest BCUT2D eigenvalue weighted by molar-refractivity contribution is -0.196. The van der Waals surface area contributed by atoms with Crippen LogP contribution in [0.3, 0.4) is 0 Å². The van der Waals surface area contributed by atoms with Gasteiger partial charge in [0.1, 0.15) is 5.60 Å². The number of rotatable bonds is 9. The summed E-state index contributed by atoms with van der Waals surface area (Å²) >= 11 is 0. The minimum absolute atomic E-state index is 0.0247. The second-order valence-corrected chi connectivity index (χ2v) is 11.8. The maximum atomic E-state index is 12.7. The number of carbonyl (C=O) groups excluding carboxylic acids is 1. The summed E-state index contributed by atoms with van der Waals surface area (Å²) in [4.78, 5) is 12.7. The number of hydrogen-bond acceptors (Lipinski definition) is 3. The molecule has 0 spiro atoms. The van der Waals surface area contributed by atoms with E-state index in [1.807, 2.05) is 0 Å². The van der Waals surface area contributed by atoms with Crippen molar-refractivity contribution in [3.05, 3.63) is 0 Å². The molecule has 0 radical (unpaired) electrons. The van der Waals surface area contributed by atoms with Crippen molar-refractivity contribution in [2.24, 2.45) is 40.9 Å². The lowest BCUT2D eigenvalue weighted by atomic mass is 9.52. The second-order valence-electron chi connectivity index (χ2n) is 11.8. The summed E-state index contributed by atoms with van der Waals surface area (Å²) in [6.07, 6.45) is 13.3. The number of fused-ring (bicyclic) bond motifs is 3. The minimum Gasteiger partial charge on any atom is -0.459 e. The molecule has 3 nitrogen and oxygen atoms in total. The Bertz CT molecular complexity index is 637. The van der Waals surface area contributed by atoms with Crippen LogP contribution in [-0.4, -0.2) is 11.6 Å². The van der Waals surface area contributed by atoms with Gasteiger partial charge in [-0.25, -0.2) is 0 Å². The number of hydrogen-bond donors (Lipinski definition) is 0. The van der Waals surface area contributed by atoms with Crippen LogP contribution in [0.15, 0.2) is 0 Å². The molecule has 0 N–H and O–H groups in total. The summed E-state index contributed by atoms with van der Waals surface area (Å²) in [6, 6.07) is 2.25. The first-order valence-electron chi connectivity index (χ1n) is 12.8. The Labute approximate surface area is 185 Å². The molecule has 3 aliphatic rings. The number of ether oxygens (including phenoxy) is 1. The summed E-state index contributed by atoms with van der Waals surface area (Å²) in [5.41, 5.74) is 0.0789. The van der Waals surface area contributed by atoms with Gasteiger partial charge in [0.2, 0.25) is 0 Å².